The molecule has 0 radical (unpaired) electrons. The zero-order valence-corrected chi connectivity index (χ0v) is 11.8. The molecule has 0 aliphatic heterocycles. The van der Waals surface area contributed by atoms with Crippen molar-refractivity contribution < 1.29 is 23.4 Å². The Morgan fingerprint density at radius 2 is 2.05 bits per heavy atom. The summed E-state index contributed by atoms with van der Waals surface area (Å²) in [4.78, 5) is 10.5. The van der Waals surface area contributed by atoms with Crippen LogP contribution in [0.5, 0.6) is 0 Å². The first kappa shape index (κ1) is 15.7. The second-order valence-corrected chi connectivity index (χ2v) is 5.46. The predicted octanol–water partition coefficient (Wildman–Crippen LogP) is 3.29. The number of benzene rings is 1. The number of carbonyl (C=O) groups is 1. The molecule has 0 spiro atoms. The van der Waals surface area contributed by atoms with E-state index in [1.807, 2.05) is 6.92 Å². The SMILES string of the molecule is Cc1ccc(C(F)(F)CO[C@H]2CC[C@H](NC(=O)O)C2)cc1. The minimum absolute atomic E-state index is 0.0636. The van der Waals surface area contributed by atoms with Crippen molar-refractivity contribution in [2.75, 3.05) is 6.61 Å². The second-order valence-electron chi connectivity index (χ2n) is 5.46. The maximum Gasteiger partial charge on any atom is 0.404 e. The van der Waals surface area contributed by atoms with Gasteiger partial charge in [-0.15, -0.1) is 0 Å². The molecular weight excluding hydrogens is 280 g/mol. The molecule has 1 aliphatic rings. The summed E-state index contributed by atoms with van der Waals surface area (Å²) < 4.78 is 33.3. The van der Waals surface area contributed by atoms with Crippen molar-refractivity contribution in [1.82, 2.24) is 5.32 Å². The average molecular weight is 299 g/mol. The Balaban J connectivity index is 1.85. The van der Waals surface area contributed by atoms with Crippen LogP contribution >= 0.6 is 0 Å². The summed E-state index contributed by atoms with van der Waals surface area (Å²) in [7, 11) is 0. The number of amides is 1. The van der Waals surface area contributed by atoms with Crippen LogP contribution in [0.15, 0.2) is 24.3 Å². The quantitative estimate of drug-likeness (QED) is 0.877. The van der Waals surface area contributed by atoms with Crippen LogP contribution in [0.3, 0.4) is 0 Å². The second kappa shape index (κ2) is 6.39. The van der Waals surface area contributed by atoms with Crippen LogP contribution in [0, 0.1) is 6.92 Å². The molecule has 1 amide bonds. The van der Waals surface area contributed by atoms with Crippen molar-refractivity contribution in [2.45, 2.75) is 44.3 Å². The summed E-state index contributed by atoms with van der Waals surface area (Å²) >= 11 is 0. The zero-order valence-electron chi connectivity index (χ0n) is 11.8. The van der Waals surface area contributed by atoms with Gasteiger partial charge < -0.3 is 15.2 Å². The highest BCUT2D eigenvalue weighted by atomic mass is 19.3. The molecule has 1 saturated carbocycles. The normalized spacial score (nSPS) is 22.2. The van der Waals surface area contributed by atoms with E-state index in [0.717, 1.165) is 5.56 Å². The largest absolute Gasteiger partial charge is 0.465 e. The van der Waals surface area contributed by atoms with E-state index in [1.165, 1.54) is 12.1 Å². The van der Waals surface area contributed by atoms with Crippen molar-refractivity contribution >= 4 is 6.09 Å². The predicted molar refractivity (Wildman–Crippen MR) is 73.6 cm³/mol. The fraction of sp³-hybridized carbons (Fsp3) is 0.533. The Labute approximate surface area is 122 Å². The van der Waals surface area contributed by atoms with Gasteiger partial charge in [0.25, 0.3) is 5.92 Å². The molecule has 6 heteroatoms. The van der Waals surface area contributed by atoms with Crippen LogP contribution < -0.4 is 5.32 Å². The summed E-state index contributed by atoms with van der Waals surface area (Å²) in [6.07, 6.45) is 0.238. The molecule has 1 fully saturated rings. The summed E-state index contributed by atoms with van der Waals surface area (Å²) in [5.74, 6) is -3.04. The van der Waals surface area contributed by atoms with Crippen LogP contribution in [0.4, 0.5) is 13.6 Å². The van der Waals surface area contributed by atoms with E-state index in [1.54, 1.807) is 12.1 Å². The molecule has 1 aromatic rings. The number of hydrogen-bond donors (Lipinski definition) is 2. The Morgan fingerprint density at radius 1 is 1.38 bits per heavy atom. The van der Waals surface area contributed by atoms with Gasteiger partial charge in [-0.25, -0.2) is 4.79 Å². The Morgan fingerprint density at radius 3 is 2.67 bits per heavy atom. The van der Waals surface area contributed by atoms with Crippen LogP contribution in [-0.2, 0) is 10.7 Å². The standard InChI is InChI=1S/C15H19F2NO3/c1-10-2-4-11(5-3-10)15(16,17)9-21-13-7-6-12(8-13)18-14(19)20/h2-5,12-13,18H,6-9H2,1H3,(H,19,20)/t12-,13-/m0/s1. The van der Waals surface area contributed by atoms with Crippen molar-refractivity contribution in [3.8, 4) is 0 Å². The smallest absolute Gasteiger partial charge is 0.404 e. The summed E-state index contributed by atoms with van der Waals surface area (Å²) in [5.41, 5.74) is 0.861. The van der Waals surface area contributed by atoms with E-state index in [-0.39, 0.29) is 17.7 Å². The fourth-order valence-electron chi connectivity index (χ4n) is 2.50. The van der Waals surface area contributed by atoms with E-state index in [4.69, 9.17) is 9.84 Å². The average Bonchev–Trinajstić information content (AvgIpc) is 2.84. The molecule has 1 aromatic carbocycles. The van der Waals surface area contributed by atoms with Gasteiger partial charge in [0.2, 0.25) is 0 Å². The summed E-state index contributed by atoms with van der Waals surface area (Å²) in [5, 5.41) is 11.0. The lowest BCUT2D eigenvalue weighted by atomic mass is 10.1. The molecule has 116 valence electrons. The van der Waals surface area contributed by atoms with Gasteiger partial charge in [0.15, 0.2) is 0 Å². The Hall–Kier alpha value is -1.69. The van der Waals surface area contributed by atoms with Crippen molar-refractivity contribution in [3.05, 3.63) is 35.4 Å². The minimum Gasteiger partial charge on any atom is -0.465 e. The first-order chi connectivity index (χ1) is 9.87. The van der Waals surface area contributed by atoms with Crippen molar-refractivity contribution in [3.63, 3.8) is 0 Å². The van der Waals surface area contributed by atoms with Gasteiger partial charge in [0.1, 0.15) is 6.61 Å². The van der Waals surface area contributed by atoms with E-state index in [9.17, 15) is 13.6 Å². The highest BCUT2D eigenvalue weighted by Gasteiger charge is 2.35. The van der Waals surface area contributed by atoms with Crippen molar-refractivity contribution in [2.24, 2.45) is 0 Å². The molecule has 2 rings (SSSR count). The molecule has 4 nitrogen and oxygen atoms in total. The van der Waals surface area contributed by atoms with E-state index in [2.05, 4.69) is 5.32 Å². The molecule has 2 atom stereocenters. The summed E-state index contributed by atoms with van der Waals surface area (Å²) in [6.45, 7) is 1.16. The highest BCUT2D eigenvalue weighted by molar-refractivity contribution is 5.64. The van der Waals surface area contributed by atoms with Crippen molar-refractivity contribution in [1.29, 1.82) is 0 Å². The number of alkyl halides is 2. The molecule has 0 saturated heterocycles. The van der Waals surface area contributed by atoms with Crippen LogP contribution in [-0.4, -0.2) is 30.0 Å². The van der Waals surface area contributed by atoms with E-state index in [0.29, 0.717) is 19.3 Å². The number of ether oxygens (including phenoxy) is 1. The lowest BCUT2D eigenvalue weighted by Gasteiger charge is -2.20. The number of nitrogens with one attached hydrogen (secondary N) is 1. The van der Waals surface area contributed by atoms with Gasteiger partial charge in [-0.1, -0.05) is 29.8 Å². The maximum atomic E-state index is 14.0. The molecule has 0 aromatic heterocycles. The fourth-order valence-corrected chi connectivity index (χ4v) is 2.50. The molecule has 1 aliphatic carbocycles. The molecule has 0 unspecified atom stereocenters. The van der Waals surface area contributed by atoms with Crippen LogP contribution in [0.1, 0.15) is 30.4 Å². The van der Waals surface area contributed by atoms with Gasteiger partial charge in [0, 0.05) is 11.6 Å². The van der Waals surface area contributed by atoms with E-state index < -0.39 is 18.6 Å². The lowest BCUT2D eigenvalue weighted by Crippen LogP contribution is -2.32. The number of rotatable bonds is 5. The molecular formula is C15H19F2NO3. The summed E-state index contributed by atoms with van der Waals surface area (Å²) in [6, 6.07) is 5.89. The topological polar surface area (TPSA) is 58.6 Å². The molecule has 2 N–H and O–H groups in total. The van der Waals surface area contributed by atoms with Gasteiger partial charge in [-0.05, 0) is 26.2 Å². The van der Waals surface area contributed by atoms with Gasteiger partial charge >= 0.3 is 6.09 Å². The first-order valence-electron chi connectivity index (χ1n) is 6.93. The highest BCUT2D eigenvalue weighted by Crippen LogP contribution is 2.31. The lowest BCUT2D eigenvalue weighted by molar-refractivity contribution is -0.103. The molecule has 21 heavy (non-hydrogen) atoms. The Bertz CT molecular complexity index is 490. The first-order valence-corrected chi connectivity index (χ1v) is 6.93. The number of halogens is 2. The number of aryl methyl sites for hydroxylation is 1. The Kier molecular flexibility index (Phi) is 4.77. The maximum absolute atomic E-state index is 14.0. The molecule has 0 bridgehead atoms. The minimum atomic E-state index is -3.04. The van der Waals surface area contributed by atoms with Gasteiger partial charge in [-0.3, -0.25) is 0 Å². The number of hydrogen-bond acceptors (Lipinski definition) is 2. The third-order valence-corrected chi connectivity index (χ3v) is 3.69. The number of carboxylic acid groups (broad SMARTS) is 1. The third-order valence-electron chi connectivity index (χ3n) is 3.69. The monoisotopic (exact) mass is 299 g/mol. The molecule has 0 heterocycles. The van der Waals surface area contributed by atoms with Crippen LogP contribution in [0.25, 0.3) is 0 Å². The third kappa shape index (κ3) is 4.39. The van der Waals surface area contributed by atoms with Gasteiger partial charge in [0.05, 0.1) is 6.10 Å². The van der Waals surface area contributed by atoms with Crippen LogP contribution in [0.2, 0.25) is 0 Å². The zero-order chi connectivity index (χ0) is 15.5. The van der Waals surface area contributed by atoms with E-state index >= 15 is 0 Å². The van der Waals surface area contributed by atoms with Gasteiger partial charge in [-0.2, -0.15) is 8.78 Å².